The van der Waals surface area contributed by atoms with Gasteiger partial charge in [0.1, 0.15) is 0 Å². The van der Waals surface area contributed by atoms with Crippen molar-refractivity contribution in [2.24, 2.45) is 0 Å². The molecular weight excluding hydrogens is 234 g/mol. The van der Waals surface area contributed by atoms with Crippen molar-refractivity contribution in [3.8, 4) is 0 Å². The molecule has 1 unspecified atom stereocenters. The van der Waals surface area contributed by atoms with E-state index >= 15 is 0 Å². The third kappa shape index (κ3) is 3.30. The fourth-order valence-electron chi connectivity index (χ4n) is 2.24. The minimum atomic E-state index is -0.805. The largest absolute Gasteiger partial charge is 0.481 e. The third-order valence-electron chi connectivity index (χ3n) is 3.15. The van der Waals surface area contributed by atoms with E-state index in [-0.39, 0.29) is 12.5 Å². The summed E-state index contributed by atoms with van der Waals surface area (Å²) >= 11 is 0. The van der Waals surface area contributed by atoms with Crippen LogP contribution in [-0.2, 0) is 22.6 Å². The first kappa shape index (κ1) is 13.0. The van der Waals surface area contributed by atoms with E-state index in [4.69, 9.17) is 9.84 Å². The van der Waals surface area contributed by atoms with Crippen molar-refractivity contribution in [3.05, 3.63) is 18.2 Å². The lowest BCUT2D eigenvalue weighted by atomic mass is 10.2. The van der Waals surface area contributed by atoms with E-state index in [9.17, 15) is 4.79 Å². The van der Waals surface area contributed by atoms with E-state index < -0.39 is 5.97 Å². The van der Waals surface area contributed by atoms with Crippen LogP contribution in [0.5, 0.6) is 0 Å². The summed E-state index contributed by atoms with van der Waals surface area (Å²) < 4.78 is 7.55. The summed E-state index contributed by atoms with van der Waals surface area (Å²) in [6.45, 7) is 5.88. The van der Waals surface area contributed by atoms with E-state index in [0.717, 1.165) is 25.3 Å². The predicted molar refractivity (Wildman–Crippen MR) is 65.2 cm³/mol. The Morgan fingerprint density at radius 1 is 1.67 bits per heavy atom. The maximum atomic E-state index is 10.7. The van der Waals surface area contributed by atoms with Crippen LogP contribution in [0.2, 0.25) is 0 Å². The summed E-state index contributed by atoms with van der Waals surface area (Å²) in [5.74, 6) is -0.805. The van der Waals surface area contributed by atoms with Crippen molar-refractivity contribution in [1.82, 2.24) is 14.5 Å². The van der Waals surface area contributed by atoms with Crippen molar-refractivity contribution in [1.29, 1.82) is 0 Å². The van der Waals surface area contributed by atoms with Crippen LogP contribution in [0.1, 0.15) is 19.0 Å². The molecule has 1 fully saturated rings. The number of aromatic nitrogens is 2. The van der Waals surface area contributed by atoms with Crippen molar-refractivity contribution >= 4 is 5.97 Å². The second kappa shape index (κ2) is 5.97. The summed E-state index contributed by atoms with van der Waals surface area (Å²) in [7, 11) is 0. The topological polar surface area (TPSA) is 67.6 Å². The molecule has 0 aliphatic carbocycles. The molecule has 100 valence electrons. The fourth-order valence-corrected chi connectivity index (χ4v) is 2.24. The van der Waals surface area contributed by atoms with Crippen molar-refractivity contribution in [3.63, 3.8) is 0 Å². The van der Waals surface area contributed by atoms with Gasteiger partial charge in [0.05, 0.1) is 31.2 Å². The van der Waals surface area contributed by atoms with Gasteiger partial charge in [0.2, 0.25) is 0 Å². The molecule has 1 aliphatic heterocycles. The molecule has 1 saturated heterocycles. The highest BCUT2D eigenvalue weighted by atomic mass is 16.5. The maximum absolute atomic E-state index is 10.7. The molecule has 1 aromatic rings. The third-order valence-corrected chi connectivity index (χ3v) is 3.15. The second-order valence-corrected chi connectivity index (χ2v) is 4.50. The molecule has 0 bridgehead atoms. The summed E-state index contributed by atoms with van der Waals surface area (Å²) in [5.41, 5.74) is 1.16. The molecule has 0 saturated carbocycles. The Labute approximate surface area is 106 Å². The van der Waals surface area contributed by atoms with Crippen molar-refractivity contribution in [2.45, 2.75) is 32.5 Å². The summed E-state index contributed by atoms with van der Waals surface area (Å²) in [6, 6.07) is 0. The lowest BCUT2D eigenvalue weighted by molar-refractivity contribution is -0.142. The zero-order valence-electron chi connectivity index (χ0n) is 10.6. The van der Waals surface area contributed by atoms with Gasteiger partial charge in [-0.05, 0) is 6.92 Å². The minimum Gasteiger partial charge on any atom is -0.481 e. The standard InChI is InChI=1S/C12H19N3O3/c1-2-15-9-13-6-10(15)7-14-3-4-18-11(8-14)5-12(16)17/h6,9,11H,2-5,7-8H2,1H3,(H,16,17). The SMILES string of the molecule is CCn1cncc1CN1CCOC(CC(=O)O)C1. The number of ether oxygens (including phenoxy) is 1. The quantitative estimate of drug-likeness (QED) is 0.831. The molecule has 0 radical (unpaired) electrons. The lowest BCUT2D eigenvalue weighted by Crippen LogP contribution is -2.43. The molecule has 1 atom stereocenters. The first-order valence-electron chi connectivity index (χ1n) is 6.23. The summed E-state index contributed by atoms with van der Waals surface area (Å²) in [5, 5.41) is 8.78. The van der Waals surface area contributed by atoms with Gasteiger partial charge >= 0.3 is 5.97 Å². The van der Waals surface area contributed by atoms with Gasteiger partial charge in [-0.3, -0.25) is 9.69 Å². The van der Waals surface area contributed by atoms with E-state index in [2.05, 4.69) is 21.4 Å². The highest BCUT2D eigenvalue weighted by Gasteiger charge is 2.23. The van der Waals surface area contributed by atoms with Gasteiger partial charge in [-0.25, -0.2) is 4.98 Å². The Morgan fingerprint density at radius 2 is 2.50 bits per heavy atom. The molecule has 0 spiro atoms. The zero-order valence-corrected chi connectivity index (χ0v) is 10.6. The Bertz CT molecular complexity index is 405. The van der Waals surface area contributed by atoms with E-state index in [1.165, 1.54) is 0 Å². The molecule has 1 aliphatic rings. The zero-order chi connectivity index (χ0) is 13.0. The molecule has 2 rings (SSSR count). The summed E-state index contributed by atoms with van der Waals surface area (Å²) in [6.07, 6.45) is 3.56. The van der Waals surface area contributed by atoms with Crippen LogP contribution in [0.4, 0.5) is 0 Å². The Balaban J connectivity index is 1.91. The fraction of sp³-hybridized carbons (Fsp3) is 0.667. The summed E-state index contributed by atoms with van der Waals surface area (Å²) in [4.78, 5) is 17.0. The van der Waals surface area contributed by atoms with Gasteiger partial charge in [0.25, 0.3) is 0 Å². The van der Waals surface area contributed by atoms with E-state index in [1.807, 2.05) is 12.5 Å². The smallest absolute Gasteiger partial charge is 0.306 e. The number of aliphatic carboxylic acids is 1. The van der Waals surface area contributed by atoms with Gasteiger partial charge < -0.3 is 14.4 Å². The van der Waals surface area contributed by atoms with Crippen molar-refractivity contribution in [2.75, 3.05) is 19.7 Å². The van der Waals surface area contributed by atoms with Crippen LogP contribution in [0.15, 0.2) is 12.5 Å². The number of imidazole rings is 1. The van der Waals surface area contributed by atoms with Crippen LogP contribution in [-0.4, -0.2) is 51.3 Å². The molecule has 2 heterocycles. The van der Waals surface area contributed by atoms with Crippen molar-refractivity contribution < 1.29 is 14.6 Å². The number of nitrogens with zero attached hydrogens (tertiary/aromatic N) is 3. The van der Waals surface area contributed by atoms with E-state index in [0.29, 0.717) is 13.2 Å². The lowest BCUT2D eigenvalue weighted by Gasteiger charge is -2.32. The maximum Gasteiger partial charge on any atom is 0.306 e. The highest BCUT2D eigenvalue weighted by Crippen LogP contribution is 2.12. The number of hydrogen-bond acceptors (Lipinski definition) is 4. The Hall–Kier alpha value is -1.40. The molecule has 6 nitrogen and oxygen atoms in total. The molecular formula is C12H19N3O3. The molecule has 1 N–H and O–H groups in total. The van der Waals surface area contributed by atoms with Crippen LogP contribution in [0.25, 0.3) is 0 Å². The predicted octanol–water partition coefficient (Wildman–Crippen LogP) is 0.578. The minimum absolute atomic E-state index is 0.0730. The molecule has 0 aromatic carbocycles. The molecule has 1 aromatic heterocycles. The normalized spacial score (nSPS) is 21.1. The van der Waals surface area contributed by atoms with Gasteiger partial charge in [-0.15, -0.1) is 0 Å². The first-order valence-corrected chi connectivity index (χ1v) is 6.23. The second-order valence-electron chi connectivity index (χ2n) is 4.50. The average molecular weight is 253 g/mol. The molecule has 6 heteroatoms. The molecule has 0 amide bonds. The van der Waals surface area contributed by atoms with Gasteiger partial charge in [-0.2, -0.15) is 0 Å². The number of hydrogen-bond donors (Lipinski definition) is 1. The Morgan fingerprint density at radius 3 is 3.22 bits per heavy atom. The van der Waals surface area contributed by atoms with Crippen LogP contribution in [0, 0.1) is 0 Å². The number of morpholine rings is 1. The highest BCUT2D eigenvalue weighted by molar-refractivity contribution is 5.67. The number of carbonyl (C=O) groups is 1. The Kier molecular flexibility index (Phi) is 4.33. The molecule has 18 heavy (non-hydrogen) atoms. The van der Waals surface area contributed by atoms with Crippen LogP contribution >= 0.6 is 0 Å². The number of carboxylic acid groups (broad SMARTS) is 1. The number of carboxylic acids is 1. The average Bonchev–Trinajstić information content (AvgIpc) is 2.76. The first-order chi connectivity index (χ1) is 8.69. The van der Waals surface area contributed by atoms with E-state index in [1.54, 1.807) is 0 Å². The van der Waals surface area contributed by atoms with Crippen LogP contribution in [0.3, 0.4) is 0 Å². The number of rotatable bonds is 5. The van der Waals surface area contributed by atoms with Gasteiger partial charge in [-0.1, -0.05) is 0 Å². The van der Waals surface area contributed by atoms with Crippen LogP contribution < -0.4 is 0 Å². The monoisotopic (exact) mass is 253 g/mol. The van der Waals surface area contributed by atoms with Gasteiger partial charge in [0, 0.05) is 32.4 Å². The number of aryl methyl sites for hydroxylation is 1. The van der Waals surface area contributed by atoms with Gasteiger partial charge in [0.15, 0.2) is 0 Å².